The van der Waals surface area contributed by atoms with Gasteiger partial charge in [-0.1, -0.05) is 11.6 Å². The van der Waals surface area contributed by atoms with E-state index in [0.29, 0.717) is 27.8 Å². The van der Waals surface area contributed by atoms with E-state index >= 15 is 0 Å². The van der Waals surface area contributed by atoms with Crippen LogP contribution >= 0.6 is 11.6 Å². The smallest absolute Gasteiger partial charge is 0.131 e. The molecule has 2 aromatic rings. The number of pyridine rings is 1. The number of rotatable bonds is 2. The Hall–Kier alpha value is -1.94. The zero-order valence-corrected chi connectivity index (χ0v) is 10.4. The molecule has 0 radical (unpaired) electrons. The fourth-order valence-electron chi connectivity index (χ4n) is 1.52. The molecule has 0 aliphatic rings. The first-order chi connectivity index (χ1) is 8.56. The predicted octanol–water partition coefficient (Wildman–Crippen LogP) is 3.60. The average Bonchev–Trinajstić information content (AvgIpc) is 2.32. The van der Waals surface area contributed by atoms with Crippen LogP contribution in [0.15, 0.2) is 41.5 Å². The highest BCUT2D eigenvalue weighted by Crippen LogP contribution is 2.19. The van der Waals surface area contributed by atoms with Gasteiger partial charge in [-0.2, -0.15) is 0 Å². The number of hydrogen-bond donors (Lipinski definition) is 1. The maximum absolute atomic E-state index is 12.8. The van der Waals surface area contributed by atoms with Crippen LogP contribution in [0.2, 0.25) is 5.15 Å². The zero-order chi connectivity index (χ0) is 13.1. The molecule has 0 saturated carbocycles. The number of nitrogen functional groups attached to an aromatic ring is 1. The number of benzene rings is 1. The van der Waals surface area contributed by atoms with E-state index in [2.05, 4.69) is 9.98 Å². The highest BCUT2D eigenvalue weighted by molar-refractivity contribution is 6.29. The van der Waals surface area contributed by atoms with E-state index in [0.717, 1.165) is 0 Å². The quantitative estimate of drug-likeness (QED) is 0.665. The van der Waals surface area contributed by atoms with Crippen LogP contribution in [0.4, 0.5) is 15.8 Å². The molecule has 0 aliphatic heterocycles. The van der Waals surface area contributed by atoms with Crippen molar-refractivity contribution in [3.8, 4) is 0 Å². The van der Waals surface area contributed by atoms with Crippen LogP contribution in [-0.4, -0.2) is 10.7 Å². The third kappa shape index (κ3) is 2.84. The summed E-state index contributed by atoms with van der Waals surface area (Å²) in [6, 6.07) is 7.47. The van der Waals surface area contributed by atoms with E-state index in [-0.39, 0.29) is 5.82 Å². The Balaban J connectivity index is 2.35. The van der Waals surface area contributed by atoms with E-state index in [9.17, 15) is 4.39 Å². The van der Waals surface area contributed by atoms with Crippen molar-refractivity contribution in [2.24, 2.45) is 4.99 Å². The summed E-state index contributed by atoms with van der Waals surface area (Å²) in [6.07, 6.45) is 1.57. The lowest BCUT2D eigenvalue weighted by Gasteiger charge is -2.05. The molecule has 2 rings (SSSR count). The Morgan fingerprint density at radius 2 is 2.00 bits per heavy atom. The van der Waals surface area contributed by atoms with E-state index in [1.165, 1.54) is 12.1 Å². The zero-order valence-electron chi connectivity index (χ0n) is 9.69. The van der Waals surface area contributed by atoms with E-state index in [4.69, 9.17) is 17.3 Å². The monoisotopic (exact) mass is 263 g/mol. The van der Waals surface area contributed by atoms with Gasteiger partial charge < -0.3 is 5.73 Å². The van der Waals surface area contributed by atoms with Crippen molar-refractivity contribution in [2.45, 2.75) is 6.92 Å². The normalized spacial score (nSPS) is 11.6. The first kappa shape index (κ1) is 12.5. The van der Waals surface area contributed by atoms with Crippen molar-refractivity contribution in [2.75, 3.05) is 5.73 Å². The molecule has 0 saturated heterocycles. The summed E-state index contributed by atoms with van der Waals surface area (Å²) < 4.78 is 12.8. The molecule has 0 atom stereocenters. The maximum atomic E-state index is 12.8. The lowest BCUT2D eigenvalue weighted by molar-refractivity contribution is 0.628. The van der Waals surface area contributed by atoms with Crippen molar-refractivity contribution in [1.29, 1.82) is 0 Å². The van der Waals surface area contributed by atoms with Gasteiger partial charge in [-0.25, -0.2) is 9.37 Å². The maximum Gasteiger partial charge on any atom is 0.131 e. The van der Waals surface area contributed by atoms with Crippen molar-refractivity contribution < 1.29 is 4.39 Å². The van der Waals surface area contributed by atoms with Crippen LogP contribution in [-0.2, 0) is 0 Å². The van der Waals surface area contributed by atoms with Crippen LogP contribution < -0.4 is 5.73 Å². The number of anilines is 1. The summed E-state index contributed by atoms with van der Waals surface area (Å²) in [7, 11) is 0. The topological polar surface area (TPSA) is 51.3 Å². The Labute approximate surface area is 109 Å². The molecule has 0 unspecified atom stereocenters. The largest absolute Gasteiger partial charge is 0.398 e. The van der Waals surface area contributed by atoms with Crippen LogP contribution in [0.25, 0.3) is 0 Å². The highest BCUT2D eigenvalue weighted by atomic mass is 35.5. The standard InChI is InChI=1S/C13H11ClFN3/c1-8(11-7-17-13(14)6-12(11)16)18-10-4-2-9(15)3-5-10/h2-7H,1H3,(H2,16,17). The minimum absolute atomic E-state index is 0.292. The summed E-state index contributed by atoms with van der Waals surface area (Å²) in [5.74, 6) is -0.292. The molecule has 1 aromatic carbocycles. The molecule has 18 heavy (non-hydrogen) atoms. The van der Waals surface area contributed by atoms with E-state index in [1.807, 2.05) is 6.92 Å². The van der Waals surface area contributed by atoms with Gasteiger partial charge in [0.05, 0.1) is 5.69 Å². The molecule has 0 amide bonds. The second kappa shape index (κ2) is 5.14. The van der Waals surface area contributed by atoms with Crippen molar-refractivity contribution in [3.05, 3.63) is 53.1 Å². The molecular weight excluding hydrogens is 253 g/mol. The van der Waals surface area contributed by atoms with Crippen LogP contribution in [0, 0.1) is 5.82 Å². The number of halogens is 2. The van der Waals surface area contributed by atoms with Gasteiger partial charge in [0.2, 0.25) is 0 Å². The van der Waals surface area contributed by atoms with E-state index < -0.39 is 0 Å². The summed E-state index contributed by atoms with van der Waals surface area (Å²) in [4.78, 5) is 8.31. The van der Waals surface area contributed by atoms with Gasteiger partial charge in [-0.05, 0) is 37.3 Å². The molecule has 5 heteroatoms. The molecular formula is C13H11ClFN3. The Morgan fingerprint density at radius 1 is 1.33 bits per heavy atom. The number of aliphatic imine (C=N–C) groups is 1. The first-order valence-corrected chi connectivity index (χ1v) is 5.66. The minimum Gasteiger partial charge on any atom is -0.398 e. The lowest BCUT2D eigenvalue weighted by Crippen LogP contribution is -2.01. The van der Waals surface area contributed by atoms with Crippen LogP contribution in [0.1, 0.15) is 12.5 Å². The van der Waals surface area contributed by atoms with Gasteiger partial charge >= 0.3 is 0 Å². The number of nitrogens with two attached hydrogens (primary N) is 1. The SMILES string of the molecule is CC(=Nc1ccc(F)cc1)c1cnc(Cl)cc1N. The third-order valence-electron chi connectivity index (χ3n) is 2.42. The second-order valence-electron chi connectivity index (χ2n) is 3.77. The van der Waals surface area contributed by atoms with Crippen molar-refractivity contribution in [1.82, 2.24) is 4.98 Å². The molecule has 0 spiro atoms. The minimum atomic E-state index is -0.292. The molecule has 0 fully saturated rings. The Kier molecular flexibility index (Phi) is 3.58. The van der Waals surface area contributed by atoms with Gasteiger partial charge in [-0.15, -0.1) is 0 Å². The molecule has 1 aromatic heterocycles. The number of hydrogen-bond acceptors (Lipinski definition) is 3. The van der Waals surface area contributed by atoms with Gasteiger partial charge in [0.1, 0.15) is 11.0 Å². The van der Waals surface area contributed by atoms with Gasteiger partial charge in [0.25, 0.3) is 0 Å². The molecule has 2 N–H and O–H groups in total. The molecule has 0 aliphatic carbocycles. The number of aromatic nitrogens is 1. The average molecular weight is 264 g/mol. The second-order valence-corrected chi connectivity index (χ2v) is 4.16. The molecule has 1 heterocycles. The summed E-state index contributed by atoms with van der Waals surface area (Å²) in [6.45, 7) is 1.81. The van der Waals surface area contributed by atoms with Gasteiger partial charge in [-0.3, -0.25) is 4.99 Å². The summed E-state index contributed by atoms with van der Waals surface area (Å²) in [5, 5.41) is 0.339. The van der Waals surface area contributed by atoms with Gasteiger partial charge in [0, 0.05) is 23.2 Å². The summed E-state index contributed by atoms with van der Waals surface area (Å²) in [5.41, 5.74) is 8.41. The van der Waals surface area contributed by atoms with Crippen LogP contribution in [0.5, 0.6) is 0 Å². The van der Waals surface area contributed by atoms with E-state index in [1.54, 1.807) is 24.4 Å². The highest BCUT2D eigenvalue weighted by Gasteiger charge is 2.04. The first-order valence-electron chi connectivity index (χ1n) is 5.28. The molecule has 0 bridgehead atoms. The fraction of sp³-hybridized carbons (Fsp3) is 0.0769. The van der Waals surface area contributed by atoms with Gasteiger partial charge in [0.15, 0.2) is 0 Å². The van der Waals surface area contributed by atoms with Crippen molar-refractivity contribution in [3.63, 3.8) is 0 Å². The predicted molar refractivity (Wildman–Crippen MR) is 71.9 cm³/mol. The Morgan fingerprint density at radius 3 is 2.61 bits per heavy atom. The third-order valence-corrected chi connectivity index (χ3v) is 2.62. The fourth-order valence-corrected chi connectivity index (χ4v) is 1.68. The molecule has 3 nitrogen and oxygen atoms in total. The van der Waals surface area contributed by atoms with Crippen molar-refractivity contribution >= 4 is 28.7 Å². The summed E-state index contributed by atoms with van der Waals surface area (Å²) >= 11 is 5.73. The molecule has 92 valence electrons. The van der Waals surface area contributed by atoms with Crippen LogP contribution in [0.3, 0.4) is 0 Å². The number of nitrogens with zero attached hydrogens (tertiary/aromatic N) is 2. The Bertz CT molecular complexity index is 594. The lowest BCUT2D eigenvalue weighted by atomic mass is 10.1.